The number of fused-ring (bicyclic) bond motifs is 1. The Balaban J connectivity index is 1.35. The van der Waals surface area contributed by atoms with Crippen molar-refractivity contribution in [3.05, 3.63) is 36.2 Å². The molecule has 0 aliphatic carbocycles. The maximum Gasteiger partial charge on any atom is 0.415 e. The number of nitrogens with one attached hydrogen (secondary N) is 2. The van der Waals surface area contributed by atoms with Crippen LogP contribution < -0.4 is 25.0 Å². The zero-order valence-corrected chi connectivity index (χ0v) is 18.7. The molecule has 2 aliphatic rings. The number of ether oxygens (including phenoxy) is 3. The van der Waals surface area contributed by atoms with Crippen molar-refractivity contribution in [2.75, 3.05) is 50.8 Å². The van der Waals surface area contributed by atoms with Gasteiger partial charge in [0.1, 0.15) is 24.6 Å². The van der Waals surface area contributed by atoms with Crippen LogP contribution in [-0.4, -0.2) is 73.6 Å². The van der Waals surface area contributed by atoms with Gasteiger partial charge in [-0.2, -0.15) is 0 Å². The maximum absolute atomic E-state index is 12.9. The Hall–Kier alpha value is -3.60. The molecule has 1 aromatic carbocycles. The van der Waals surface area contributed by atoms with E-state index in [1.807, 2.05) is 23.1 Å². The van der Waals surface area contributed by atoms with Crippen LogP contribution in [0.5, 0.6) is 11.6 Å². The Morgan fingerprint density at radius 1 is 1.18 bits per heavy atom. The van der Waals surface area contributed by atoms with Crippen LogP contribution in [0, 0.1) is 0 Å². The highest BCUT2D eigenvalue weighted by Crippen LogP contribution is 2.28. The van der Waals surface area contributed by atoms with Gasteiger partial charge in [0, 0.05) is 44.5 Å². The maximum atomic E-state index is 12.9. The number of nitrogens with zero attached hydrogens (tertiary/aromatic N) is 4. The molecule has 2 aliphatic heterocycles. The highest BCUT2D eigenvalue weighted by Gasteiger charge is 2.30. The van der Waals surface area contributed by atoms with Crippen LogP contribution in [-0.2, 0) is 11.2 Å². The summed E-state index contributed by atoms with van der Waals surface area (Å²) in [6.07, 6.45) is 3.10. The SMILES string of the molecule is COCNC(=O)Oc1cc(N2CCC(N3CCc4cc(OC)ccc4NC3=O)CC2)ncn1. The predicted octanol–water partition coefficient (Wildman–Crippen LogP) is 2.24. The standard InChI is InChI=1S/C22H28N6O5/c1-31-14-25-22(30)33-20-12-19(23-13-24-20)27-8-6-16(7-9-27)28-10-5-15-11-17(32-2)3-4-18(15)26-21(28)29/h3-4,11-13,16H,5-10,14H2,1-2H3,(H,25,30)(H,26,29). The normalized spacial score (nSPS) is 16.5. The lowest BCUT2D eigenvalue weighted by atomic mass is 10.0. The third kappa shape index (κ3) is 5.43. The summed E-state index contributed by atoms with van der Waals surface area (Å²) in [5.74, 6) is 1.63. The lowest BCUT2D eigenvalue weighted by molar-refractivity contribution is 0.152. The van der Waals surface area contributed by atoms with Gasteiger partial charge in [-0.25, -0.2) is 19.6 Å². The highest BCUT2D eigenvalue weighted by atomic mass is 16.6. The zero-order chi connectivity index (χ0) is 23.2. The number of rotatable bonds is 6. The molecule has 0 atom stereocenters. The minimum absolute atomic E-state index is 0.0486. The van der Waals surface area contributed by atoms with Gasteiger partial charge in [-0.15, -0.1) is 0 Å². The smallest absolute Gasteiger partial charge is 0.415 e. The van der Waals surface area contributed by atoms with E-state index in [2.05, 4.69) is 25.5 Å². The first-order chi connectivity index (χ1) is 16.1. The van der Waals surface area contributed by atoms with E-state index in [0.29, 0.717) is 12.4 Å². The van der Waals surface area contributed by atoms with E-state index in [1.165, 1.54) is 13.4 Å². The lowest BCUT2D eigenvalue weighted by Gasteiger charge is -2.38. The largest absolute Gasteiger partial charge is 0.497 e. The molecule has 11 heteroatoms. The molecule has 33 heavy (non-hydrogen) atoms. The van der Waals surface area contributed by atoms with Crippen molar-refractivity contribution in [2.24, 2.45) is 0 Å². The first-order valence-corrected chi connectivity index (χ1v) is 10.8. The molecule has 0 bridgehead atoms. The molecule has 11 nitrogen and oxygen atoms in total. The van der Waals surface area contributed by atoms with Crippen LogP contribution in [0.2, 0.25) is 0 Å². The van der Waals surface area contributed by atoms with Crippen LogP contribution >= 0.6 is 0 Å². The Kier molecular flexibility index (Phi) is 7.08. The van der Waals surface area contributed by atoms with Crippen molar-refractivity contribution >= 4 is 23.6 Å². The Labute approximate surface area is 192 Å². The van der Waals surface area contributed by atoms with Gasteiger partial charge in [0.2, 0.25) is 5.88 Å². The van der Waals surface area contributed by atoms with Crippen molar-refractivity contribution in [3.8, 4) is 11.6 Å². The average Bonchev–Trinajstić information content (AvgIpc) is 3.00. The van der Waals surface area contributed by atoms with E-state index >= 15 is 0 Å². The summed E-state index contributed by atoms with van der Waals surface area (Å²) in [5.41, 5.74) is 1.91. The fraction of sp³-hybridized carbons (Fsp3) is 0.455. The first kappa shape index (κ1) is 22.6. The summed E-state index contributed by atoms with van der Waals surface area (Å²) in [6.45, 7) is 2.15. The number of carbonyl (C=O) groups is 2. The van der Waals surface area contributed by atoms with Gasteiger partial charge >= 0.3 is 12.1 Å². The van der Waals surface area contributed by atoms with Crippen molar-refractivity contribution in [2.45, 2.75) is 25.3 Å². The van der Waals surface area contributed by atoms with E-state index in [0.717, 1.165) is 49.4 Å². The van der Waals surface area contributed by atoms with E-state index in [4.69, 9.17) is 14.2 Å². The molecule has 1 fully saturated rings. The third-order valence-electron chi connectivity index (χ3n) is 5.85. The van der Waals surface area contributed by atoms with Crippen molar-refractivity contribution in [3.63, 3.8) is 0 Å². The number of methoxy groups -OCH3 is 2. The number of aromatic nitrogens is 2. The number of hydrogen-bond donors (Lipinski definition) is 2. The topological polar surface area (TPSA) is 118 Å². The molecule has 1 aromatic heterocycles. The van der Waals surface area contributed by atoms with Gasteiger partial charge in [0.25, 0.3) is 0 Å². The van der Waals surface area contributed by atoms with E-state index < -0.39 is 6.09 Å². The molecule has 3 amide bonds. The van der Waals surface area contributed by atoms with Crippen LogP contribution in [0.1, 0.15) is 18.4 Å². The molecular weight excluding hydrogens is 428 g/mol. The zero-order valence-electron chi connectivity index (χ0n) is 18.7. The number of carbonyl (C=O) groups excluding carboxylic acids is 2. The minimum Gasteiger partial charge on any atom is -0.497 e. The van der Waals surface area contributed by atoms with Crippen LogP contribution in [0.3, 0.4) is 0 Å². The van der Waals surface area contributed by atoms with E-state index in [1.54, 1.807) is 13.2 Å². The summed E-state index contributed by atoms with van der Waals surface area (Å²) in [6, 6.07) is 7.42. The molecular formula is C22H28N6O5. The van der Waals surface area contributed by atoms with E-state index in [-0.39, 0.29) is 24.7 Å². The summed E-state index contributed by atoms with van der Waals surface area (Å²) >= 11 is 0. The predicted molar refractivity (Wildman–Crippen MR) is 121 cm³/mol. The first-order valence-electron chi connectivity index (χ1n) is 10.8. The van der Waals surface area contributed by atoms with Gasteiger partial charge in [-0.3, -0.25) is 5.32 Å². The molecule has 4 rings (SSSR count). The molecule has 1 saturated heterocycles. The monoisotopic (exact) mass is 456 g/mol. The fourth-order valence-corrected chi connectivity index (χ4v) is 4.13. The van der Waals surface area contributed by atoms with E-state index in [9.17, 15) is 9.59 Å². The Morgan fingerprint density at radius 3 is 2.76 bits per heavy atom. The second kappa shape index (κ2) is 10.3. The molecule has 2 N–H and O–H groups in total. The molecule has 0 unspecified atom stereocenters. The van der Waals surface area contributed by atoms with Crippen molar-refractivity contribution in [1.29, 1.82) is 0 Å². The van der Waals surface area contributed by atoms with Crippen molar-refractivity contribution in [1.82, 2.24) is 20.2 Å². The quantitative estimate of drug-likeness (QED) is 0.636. The number of amides is 3. The third-order valence-corrected chi connectivity index (χ3v) is 5.85. The number of hydrogen-bond acceptors (Lipinski definition) is 8. The summed E-state index contributed by atoms with van der Waals surface area (Å²) in [7, 11) is 3.11. The van der Waals surface area contributed by atoms with Gasteiger partial charge in [-0.05, 0) is 43.0 Å². The number of benzene rings is 1. The summed E-state index contributed by atoms with van der Waals surface area (Å²) in [5, 5.41) is 5.47. The molecule has 3 heterocycles. The van der Waals surface area contributed by atoms with Gasteiger partial charge in [0.05, 0.1) is 7.11 Å². The van der Waals surface area contributed by atoms with Crippen LogP contribution in [0.25, 0.3) is 0 Å². The van der Waals surface area contributed by atoms with Crippen molar-refractivity contribution < 1.29 is 23.8 Å². The second-order valence-corrected chi connectivity index (χ2v) is 7.83. The number of urea groups is 1. The Bertz CT molecular complexity index is 995. The molecule has 0 radical (unpaired) electrons. The van der Waals surface area contributed by atoms with Crippen LogP contribution in [0.15, 0.2) is 30.6 Å². The van der Waals surface area contributed by atoms with Gasteiger partial charge < -0.3 is 29.3 Å². The summed E-state index contributed by atoms with van der Waals surface area (Å²) in [4.78, 5) is 36.9. The lowest BCUT2D eigenvalue weighted by Crippen LogP contribution is -2.49. The number of piperidine rings is 1. The van der Waals surface area contributed by atoms with Gasteiger partial charge in [-0.1, -0.05) is 0 Å². The molecule has 2 aromatic rings. The molecule has 0 saturated carbocycles. The Morgan fingerprint density at radius 2 is 2.00 bits per heavy atom. The second-order valence-electron chi connectivity index (χ2n) is 7.83. The molecule has 176 valence electrons. The highest BCUT2D eigenvalue weighted by molar-refractivity contribution is 5.91. The van der Waals surface area contributed by atoms with Gasteiger partial charge in [0.15, 0.2) is 0 Å². The average molecular weight is 457 g/mol. The van der Waals surface area contributed by atoms with Crippen LogP contribution in [0.4, 0.5) is 21.1 Å². The molecule has 0 spiro atoms. The minimum atomic E-state index is -0.647. The number of anilines is 2. The fourth-order valence-electron chi connectivity index (χ4n) is 4.13. The summed E-state index contributed by atoms with van der Waals surface area (Å²) < 4.78 is 15.3.